The molecule has 1 aromatic heterocycles. The number of amides is 2. The largest absolute Gasteiger partial charge is 0.439 e. The van der Waals surface area contributed by atoms with E-state index in [1.807, 2.05) is 0 Å². The van der Waals surface area contributed by atoms with Gasteiger partial charge in [-0.1, -0.05) is 0 Å². The summed E-state index contributed by atoms with van der Waals surface area (Å²) in [4.78, 5) is 30.5. The Morgan fingerprint density at radius 3 is 2.52 bits per heavy atom. The number of pyridine rings is 1. The van der Waals surface area contributed by atoms with Gasteiger partial charge in [-0.15, -0.1) is 0 Å². The zero-order chi connectivity index (χ0) is 20.4. The molecule has 0 aliphatic carbocycles. The molecule has 7 heteroatoms. The first kappa shape index (κ1) is 19.4. The predicted molar refractivity (Wildman–Crippen MR) is 110 cm³/mol. The van der Waals surface area contributed by atoms with Gasteiger partial charge in [-0.3, -0.25) is 14.5 Å². The molecule has 7 nitrogen and oxygen atoms in total. The van der Waals surface area contributed by atoms with E-state index >= 15 is 0 Å². The minimum atomic E-state index is -0.158. The maximum absolute atomic E-state index is 12.7. The summed E-state index contributed by atoms with van der Waals surface area (Å²) in [6, 6.07) is 11.0. The molecular formula is C22H26N4O3. The molecule has 0 unspecified atom stereocenters. The van der Waals surface area contributed by atoms with Crippen LogP contribution < -0.4 is 15.4 Å². The Bertz CT molecular complexity index is 889. The lowest BCUT2D eigenvalue weighted by Crippen LogP contribution is -2.62. The SMILES string of the molecule is CC(=O)Nc1ccnc(Oc2ccc(C(=O)N[C@@H]3C4CCN(CC4)[C@@H]3C)cc2)c1. The number of ether oxygens (including phenoxy) is 1. The molecule has 2 atom stereocenters. The number of carbonyl (C=O) groups excluding carboxylic acids is 2. The van der Waals surface area contributed by atoms with E-state index in [9.17, 15) is 9.59 Å². The van der Waals surface area contributed by atoms with Crippen molar-refractivity contribution in [2.75, 3.05) is 18.4 Å². The summed E-state index contributed by atoms with van der Waals surface area (Å²) in [5.41, 5.74) is 1.23. The summed E-state index contributed by atoms with van der Waals surface area (Å²) in [7, 11) is 0. The van der Waals surface area contributed by atoms with Crippen LogP contribution >= 0.6 is 0 Å². The third-order valence-corrected chi connectivity index (χ3v) is 5.87. The van der Waals surface area contributed by atoms with Crippen LogP contribution in [0.25, 0.3) is 0 Å². The minimum absolute atomic E-state index is 0.0482. The van der Waals surface area contributed by atoms with Crippen LogP contribution in [-0.2, 0) is 4.79 Å². The van der Waals surface area contributed by atoms with Crippen LogP contribution in [0, 0.1) is 5.92 Å². The van der Waals surface area contributed by atoms with E-state index in [4.69, 9.17) is 4.74 Å². The number of benzene rings is 1. The Morgan fingerprint density at radius 2 is 1.86 bits per heavy atom. The summed E-state index contributed by atoms with van der Waals surface area (Å²) in [5, 5.41) is 5.93. The molecule has 2 aromatic rings. The van der Waals surface area contributed by atoms with Gasteiger partial charge >= 0.3 is 0 Å². The number of aromatic nitrogens is 1. The number of hydrogen-bond acceptors (Lipinski definition) is 5. The van der Waals surface area contributed by atoms with Gasteiger partial charge in [0, 0.05) is 42.5 Å². The average molecular weight is 394 g/mol. The first-order valence-corrected chi connectivity index (χ1v) is 10.1. The summed E-state index contributed by atoms with van der Waals surface area (Å²) in [6.45, 7) is 5.93. The van der Waals surface area contributed by atoms with Crippen molar-refractivity contribution < 1.29 is 14.3 Å². The van der Waals surface area contributed by atoms with E-state index in [1.54, 1.807) is 42.6 Å². The van der Waals surface area contributed by atoms with Gasteiger partial charge < -0.3 is 15.4 Å². The normalized spacial score (nSPS) is 25.3. The Balaban J connectivity index is 1.39. The molecule has 2 N–H and O–H groups in total. The number of nitrogens with one attached hydrogen (secondary N) is 2. The standard InChI is InChI=1S/C22H26N4O3/c1-14-21(16-8-11-26(14)12-9-16)25-22(28)17-3-5-19(6-4-17)29-20-13-18(7-10-23-20)24-15(2)27/h3-7,10,13-14,16,21H,8-9,11-12H2,1-2H3,(H,25,28)(H,23,24,27)/t14-,21+/m1/s1. The van der Waals surface area contributed by atoms with Crippen LogP contribution in [0.15, 0.2) is 42.6 Å². The molecule has 2 bridgehead atoms. The van der Waals surface area contributed by atoms with E-state index < -0.39 is 0 Å². The Morgan fingerprint density at radius 1 is 1.14 bits per heavy atom. The lowest BCUT2D eigenvalue weighted by atomic mass is 9.79. The molecule has 0 spiro atoms. The Kier molecular flexibility index (Phi) is 5.49. The fourth-order valence-corrected chi connectivity index (χ4v) is 4.32. The van der Waals surface area contributed by atoms with Crippen molar-refractivity contribution in [2.45, 2.75) is 38.8 Å². The van der Waals surface area contributed by atoms with Crippen molar-refractivity contribution in [3.8, 4) is 11.6 Å². The Hall–Kier alpha value is -2.93. The number of fused-ring (bicyclic) bond motifs is 3. The average Bonchev–Trinajstić information content (AvgIpc) is 2.71. The smallest absolute Gasteiger partial charge is 0.251 e. The zero-order valence-electron chi connectivity index (χ0n) is 16.7. The first-order chi connectivity index (χ1) is 14.0. The van der Waals surface area contributed by atoms with Gasteiger partial charge in [-0.25, -0.2) is 4.98 Å². The van der Waals surface area contributed by atoms with Crippen molar-refractivity contribution in [3.63, 3.8) is 0 Å². The lowest BCUT2D eigenvalue weighted by Gasteiger charge is -2.49. The summed E-state index contributed by atoms with van der Waals surface area (Å²) < 4.78 is 5.74. The van der Waals surface area contributed by atoms with E-state index in [0.717, 1.165) is 25.9 Å². The first-order valence-electron chi connectivity index (χ1n) is 10.1. The monoisotopic (exact) mass is 394 g/mol. The third-order valence-electron chi connectivity index (χ3n) is 5.87. The summed E-state index contributed by atoms with van der Waals surface area (Å²) in [5.74, 6) is 1.31. The van der Waals surface area contributed by atoms with Crippen LogP contribution in [0.2, 0.25) is 0 Å². The second-order valence-electron chi connectivity index (χ2n) is 7.80. The van der Waals surface area contributed by atoms with Gasteiger partial charge in [0.05, 0.1) is 0 Å². The molecule has 0 radical (unpaired) electrons. The van der Waals surface area contributed by atoms with Crippen LogP contribution in [0.4, 0.5) is 5.69 Å². The van der Waals surface area contributed by atoms with Crippen molar-refractivity contribution in [2.24, 2.45) is 5.92 Å². The number of nitrogens with zero attached hydrogens (tertiary/aromatic N) is 2. The molecule has 0 saturated carbocycles. The molecule has 3 aliphatic rings. The number of rotatable bonds is 5. The van der Waals surface area contributed by atoms with Gasteiger partial charge in [0.25, 0.3) is 5.91 Å². The maximum atomic E-state index is 12.7. The fraction of sp³-hybridized carbons (Fsp3) is 0.409. The maximum Gasteiger partial charge on any atom is 0.251 e. The van der Waals surface area contributed by atoms with Crippen molar-refractivity contribution in [1.29, 1.82) is 0 Å². The lowest BCUT2D eigenvalue weighted by molar-refractivity contribution is -0.114. The second-order valence-corrected chi connectivity index (χ2v) is 7.80. The zero-order valence-corrected chi connectivity index (χ0v) is 16.7. The highest BCUT2D eigenvalue weighted by atomic mass is 16.5. The van der Waals surface area contributed by atoms with Crippen molar-refractivity contribution in [3.05, 3.63) is 48.2 Å². The number of carbonyl (C=O) groups is 2. The second kappa shape index (κ2) is 8.21. The highest BCUT2D eigenvalue weighted by Crippen LogP contribution is 2.32. The molecule has 152 valence electrons. The van der Waals surface area contributed by atoms with Gasteiger partial charge in [-0.05, 0) is 69.1 Å². The van der Waals surface area contributed by atoms with Gasteiger partial charge in [0.2, 0.25) is 11.8 Å². The number of piperidine rings is 3. The van der Waals surface area contributed by atoms with Crippen LogP contribution in [0.5, 0.6) is 11.6 Å². The van der Waals surface area contributed by atoms with E-state index in [2.05, 4.69) is 27.4 Å². The molecule has 1 aromatic carbocycles. The molecule has 3 fully saturated rings. The van der Waals surface area contributed by atoms with E-state index in [1.165, 1.54) is 6.92 Å². The predicted octanol–water partition coefficient (Wildman–Crippen LogP) is 3.04. The molecule has 3 aliphatic heterocycles. The molecule has 5 rings (SSSR count). The molecule has 29 heavy (non-hydrogen) atoms. The van der Waals surface area contributed by atoms with Crippen LogP contribution in [0.1, 0.15) is 37.0 Å². The number of hydrogen-bond donors (Lipinski definition) is 2. The quantitative estimate of drug-likeness (QED) is 0.814. The van der Waals surface area contributed by atoms with Crippen molar-refractivity contribution >= 4 is 17.5 Å². The topological polar surface area (TPSA) is 83.6 Å². The Labute approximate surface area is 170 Å². The third kappa shape index (κ3) is 4.40. The van der Waals surface area contributed by atoms with E-state index in [-0.39, 0.29) is 17.9 Å². The molecule has 4 heterocycles. The minimum Gasteiger partial charge on any atom is -0.439 e. The van der Waals surface area contributed by atoms with E-state index in [0.29, 0.717) is 34.8 Å². The van der Waals surface area contributed by atoms with Gasteiger partial charge in [0.15, 0.2) is 0 Å². The molecule has 3 saturated heterocycles. The van der Waals surface area contributed by atoms with Crippen LogP contribution in [0.3, 0.4) is 0 Å². The van der Waals surface area contributed by atoms with Gasteiger partial charge in [0.1, 0.15) is 5.75 Å². The van der Waals surface area contributed by atoms with Crippen LogP contribution in [-0.4, -0.2) is 46.9 Å². The van der Waals surface area contributed by atoms with Crippen molar-refractivity contribution in [1.82, 2.24) is 15.2 Å². The highest BCUT2D eigenvalue weighted by molar-refractivity contribution is 5.94. The highest BCUT2D eigenvalue weighted by Gasteiger charge is 2.40. The summed E-state index contributed by atoms with van der Waals surface area (Å²) in [6.07, 6.45) is 3.89. The molecular weight excluding hydrogens is 368 g/mol. The summed E-state index contributed by atoms with van der Waals surface area (Å²) >= 11 is 0. The fourth-order valence-electron chi connectivity index (χ4n) is 4.32. The molecule has 2 amide bonds. The number of anilines is 1. The van der Waals surface area contributed by atoms with Gasteiger partial charge in [-0.2, -0.15) is 0 Å².